The zero-order valence-corrected chi connectivity index (χ0v) is 11.2. The minimum atomic E-state index is -4.56. The van der Waals surface area contributed by atoms with Gasteiger partial charge in [-0.25, -0.2) is 0 Å². The summed E-state index contributed by atoms with van der Waals surface area (Å²) in [5.41, 5.74) is -1.05. The number of nitro groups is 1. The summed E-state index contributed by atoms with van der Waals surface area (Å²) in [4.78, 5) is 21.4. The predicted molar refractivity (Wildman–Crippen MR) is 69.8 cm³/mol. The molecule has 0 radical (unpaired) electrons. The summed E-state index contributed by atoms with van der Waals surface area (Å²) in [5, 5.41) is 12.3. The van der Waals surface area contributed by atoms with Gasteiger partial charge in [-0.3, -0.25) is 14.9 Å². The Morgan fingerprint density at radius 3 is 2.45 bits per heavy atom. The summed E-state index contributed by atoms with van der Waals surface area (Å²) >= 11 is 5.67. The van der Waals surface area contributed by atoms with Gasteiger partial charge in [-0.1, -0.05) is 11.6 Å². The molecular formula is C12H6ClF3N2O4. The summed E-state index contributed by atoms with van der Waals surface area (Å²) in [6.07, 6.45) is -4.56. The van der Waals surface area contributed by atoms with Crippen LogP contribution in [0.2, 0.25) is 5.02 Å². The van der Waals surface area contributed by atoms with E-state index in [0.717, 1.165) is 24.3 Å². The van der Waals surface area contributed by atoms with E-state index < -0.39 is 28.5 Å². The fourth-order valence-corrected chi connectivity index (χ4v) is 1.75. The molecular weight excluding hydrogens is 329 g/mol. The van der Waals surface area contributed by atoms with Crippen molar-refractivity contribution < 1.29 is 27.3 Å². The molecule has 0 bridgehead atoms. The third kappa shape index (κ3) is 3.37. The van der Waals surface area contributed by atoms with E-state index in [9.17, 15) is 28.1 Å². The molecule has 116 valence electrons. The number of hydrogen-bond acceptors (Lipinski definition) is 4. The van der Waals surface area contributed by atoms with Crippen molar-refractivity contribution in [2.45, 2.75) is 6.18 Å². The first kappa shape index (κ1) is 15.8. The third-order valence-electron chi connectivity index (χ3n) is 2.54. The maximum Gasteiger partial charge on any atom is 0.433 e. The second-order valence-electron chi connectivity index (χ2n) is 4.04. The molecule has 0 saturated carbocycles. The van der Waals surface area contributed by atoms with Gasteiger partial charge < -0.3 is 9.73 Å². The van der Waals surface area contributed by atoms with E-state index in [-0.39, 0.29) is 16.5 Å². The molecule has 0 aliphatic carbocycles. The minimum Gasteiger partial charge on any atom is -0.395 e. The van der Waals surface area contributed by atoms with Crippen LogP contribution in [0.1, 0.15) is 16.1 Å². The number of carbonyl (C=O) groups excluding carboxylic acids is 1. The molecule has 1 aromatic carbocycles. The molecule has 0 fully saturated rings. The maximum atomic E-state index is 12.5. The van der Waals surface area contributed by atoms with Gasteiger partial charge in [0.25, 0.3) is 5.91 Å². The highest BCUT2D eigenvalue weighted by Crippen LogP contribution is 2.34. The average Bonchev–Trinajstić information content (AvgIpc) is 2.89. The number of amides is 1. The molecule has 0 saturated heterocycles. The third-order valence-corrected chi connectivity index (χ3v) is 2.85. The molecule has 1 aromatic heterocycles. The number of nitrogens with zero attached hydrogens (tertiary/aromatic N) is 1. The normalized spacial score (nSPS) is 11.3. The number of anilines is 1. The number of furan rings is 1. The molecule has 0 spiro atoms. The van der Waals surface area contributed by atoms with E-state index in [1.54, 1.807) is 0 Å². The Hall–Kier alpha value is -2.55. The standard InChI is InChI=1S/C12H6ClF3N2O4/c13-7-5-6(12(14,15)16)1-2-8(7)17-11(19)9-3-4-10(22-9)18(20)21/h1-5H,(H,17,19). The minimum absolute atomic E-state index is 0.0845. The molecule has 22 heavy (non-hydrogen) atoms. The number of rotatable bonds is 3. The summed E-state index contributed by atoms with van der Waals surface area (Å²) in [5.74, 6) is -1.89. The molecule has 0 unspecified atom stereocenters. The first-order valence-electron chi connectivity index (χ1n) is 5.61. The summed E-state index contributed by atoms with van der Waals surface area (Å²) in [6, 6.07) is 4.41. The molecule has 0 atom stereocenters. The van der Waals surface area contributed by atoms with Crippen LogP contribution in [0.5, 0.6) is 0 Å². The van der Waals surface area contributed by atoms with Crippen molar-refractivity contribution in [2.24, 2.45) is 0 Å². The highest BCUT2D eigenvalue weighted by Gasteiger charge is 2.31. The quantitative estimate of drug-likeness (QED) is 0.676. The average molecular weight is 335 g/mol. The predicted octanol–water partition coefficient (Wildman–Crippen LogP) is 4.11. The molecule has 1 heterocycles. The van der Waals surface area contributed by atoms with Gasteiger partial charge in [-0.05, 0) is 24.3 Å². The van der Waals surface area contributed by atoms with Crippen molar-refractivity contribution in [3.8, 4) is 0 Å². The summed E-state index contributed by atoms with van der Waals surface area (Å²) in [7, 11) is 0. The van der Waals surface area contributed by atoms with E-state index in [0.29, 0.717) is 6.07 Å². The molecule has 1 N–H and O–H groups in total. The van der Waals surface area contributed by atoms with Crippen LogP contribution in [0.3, 0.4) is 0 Å². The van der Waals surface area contributed by atoms with Crippen LogP contribution in [0.4, 0.5) is 24.7 Å². The smallest absolute Gasteiger partial charge is 0.395 e. The number of nitrogens with one attached hydrogen (secondary N) is 1. The largest absolute Gasteiger partial charge is 0.433 e. The first-order chi connectivity index (χ1) is 10.2. The summed E-state index contributed by atoms with van der Waals surface area (Å²) < 4.78 is 42.1. The van der Waals surface area contributed by atoms with Gasteiger partial charge in [0.05, 0.1) is 22.3 Å². The molecule has 2 aromatic rings. The van der Waals surface area contributed by atoms with Crippen LogP contribution in [-0.2, 0) is 6.18 Å². The van der Waals surface area contributed by atoms with Crippen molar-refractivity contribution >= 4 is 29.1 Å². The fraction of sp³-hybridized carbons (Fsp3) is 0.0833. The van der Waals surface area contributed by atoms with E-state index in [1.165, 1.54) is 0 Å². The number of carbonyl (C=O) groups is 1. The monoisotopic (exact) mass is 334 g/mol. The van der Waals surface area contributed by atoms with E-state index >= 15 is 0 Å². The number of hydrogen-bond donors (Lipinski definition) is 1. The molecule has 10 heteroatoms. The molecule has 0 aliphatic heterocycles. The van der Waals surface area contributed by atoms with Crippen molar-refractivity contribution in [3.05, 3.63) is 56.8 Å². The molecule has 0 aliphatic rings. The van der Waals surface area contributed by atoms with Crippen molar-refractivity contribution in [2.75, 3.05) is 5.32 Å². The van der Waals surface area contributed by atoms with E-state index in [1.807, 2.05) is 0 Å². The Bertz CT molecular complexity index is 742. The van der Waals surface area contributed by atoms with Gasteiger partial charge in [0.2, 0.25) is 0 Å². The topological polar surface area (TPSA) is 85.4 Å². The zero-order chi connectivity index (χ0) is 16.5. The van der Waals surface area contributed by atoms with Gasteiger partial charge in [0.15, 0.2) is 5.76 Å². The second-order valence-corrected chi connectivity index (χ2v) is 4.45. The van der Waals surface area contributed by atoms with Crippen LogP contribution in [-0.4, -0.2) is 10.8 Å². The van der Waals surface area contributed by atoms with E-state index in [4.69, 9.17) is 11.6 Å². The van der Waals surface area contributed by atoms with Crippen LogP contribution >= 0.6 is 11.6 Å². The van der Waals surface area contributed by atoms with Crippen LogP contribution in [0.25, 0.3) is 0 Å². The Balaban J connectivity index is 2.19. The lowest BCUT2D eigenvalue weighted by Gasteiger charge is -2.10. The van der Waals surface area contributed by atoms with Crippen LogP contribution < -0.4 is 5.32 Å². The maximum absolute atomic E-state index is 12.5. The number of benzene rings is 1. The van der Waals surface area contributed by atoms with Gasteiger partial charge in [0.1, 0.15) is 4.92 Å². The second kappa shape index (κ2) is 5.68. The molecule has 1 amide bonds. The lowest BCUT2D eigenvalue weighted by atomic mass is 10.2. The molecule has 2 rings (SSSR count). The molecule has 6 nitrogen and oxygen atoms in total. The van der Waals surface area contributed by atoms with Gasteiger partial charge in [0, 0.05) is 0 Å². The Morgan fingerprint density at radius 1 is 1.27 bits per heavy atom. The lowest BCUT2D eigenvalue weighted by molar-refractivity contribution is -0.402. The van der Waals surface area contributed by atoms with Gasteiger partial charge in [-0.2, -0.15) is 13.2 Å². The number of alkyl halides is 3. The zero-order valence-electron chi connectivity index (χ0n) is 10.5. The SMILES string of the molecule is O=C(Nc1ccc(C(F)(F)F)cc1Cl)c1ccc([N+](=O)[O-])o1. The Labute approximate surface area is 125 Å². The first-order valence-corrected chi connectivity index (χ1v) is 5.98. The van der Waals surface area contributed by atoms with Crippen LogP contribution in [0, 0.1) is 10.1 Å². The Kier molecular flexibility index (Phi) is 4.09. The Morgan fingerprint density at radius 2 is 1.95 bits per heavy atom. The van der Waals surface area contributed by atoms with Gasteiger partial charge in [-0.15, -0.1) is 0 Å². The van der Waals surface area contributed by atoms with Crippen molar-refractivity contribution in [1.82, 2.24) is 0 Å². The van der Waals surface area contributed by atoms with Gasteiger partial charge >= 0.3 is 12.1 Å². The highest BCUT2D eigenvalue weighted by atomic mass is 35.5. The van der Waals surface area contributed by atoms with E-state index in [2.05, 4.69) is 9.73 Å². The fourth-order valence-electron chi connectivity index (χ4n) is 1.52. The highest BCUT2D eigenvalue weighted by molar-refractivity contribution is 6.34. The van der Waals surface area contributed by atoms with Crippen molar-refractivity contribution in [3.63, 3.8) is 0 Å². The van der Waals surface area contributed by atoms with Crippen LogP contribution in [0.15, 0.2) is 34.7 Å². The lowest BCUT2D eigenvalue weighted by Crippen LogP contribution is -2.12. The summed E-state index contributed by atoms with van der Waals surface area (Å²) in [6.45, 7) is 0. The van der Waals surface area contributed by atoms with Crippen molar-refractivity contribution in [1.29, 1.82) is 0 Å². The number of halogens is 4.